The highest BCUT2D eigenvalue weighted by Crippen LogP contribution is 2.33. The largest absolute Gasteiger partial charge is 0.370 e. The molecule has 0 saturated carbocycles. The van der Waals surface area contributed by atoms with E-state index in [2.05, 4.69) is 50.0 Å². The quantitative estimate of drug-likeness (QED) is 0.372. The van der Waals surface area contributed by atoms with E-state index in [0.717, 1.165) is 45.8 Å². The highest BCUT2D eigenvalue weighted by Gasteiger charge is 2.19. The first-order valence-corrected chi connectivity index (χ1v) is 10.9. The molecule has 0 aliphatic carbocycles. The Morgan fingerprint density at radius 2 is 1.63 bits per heavy atom. The lowest BCUT2D eigenvalue weighted by Gasteiger charge is -2.21. The fraction of sp³-hybridized carbons (Fsp3) is 0.346. The number of benzene rings is 1. The number of rotatable bonds is 9. The molecular weight excluding hydrogens is 507 g/mol. The predicted molar refractivity (Wildman–Crippen MR) is 149 cm³/mol. The number of hydrogen-bond donors (Lipinski definition) is 2. The molecule has 6 nitrogen and oxygen atoms in total. The summed E-state index contributed by atoms with van der Waals surface area (Å²) in [6.07, 6.45) is 2.35. The minimum absolute atomic E-state index is 0. The Balaban J connectivity index is 0.00000385. The summed E-state index contributed by atoms with van der Waals surface area (Å²) in [5.41, 5.74) is 20.2. The van der Waals surface area contributed by atoms with Gasteiger partial charge in [-0.15, -0.1) is 37.2 Å². The molecular formula is C26H35Cl3N4O2. The van der Waals surface area contributed by atoms with Gasteiger partial charge in [0.2, 0.25) is 5.91 Å². The van der Waals surface area contributed by atoms with E-state index in [4.69, 9.17) is 21.2 Å². The number of amides is 1. The van der Waals surface area contributed by atoms with Gasteiger partial charge in [0.1, 0.15) is 0 Å². The van der Waals surface area contributed by atoms with Crippen LogP contribution < -0.4 is 11.5 Å². The van der Waals surface area contributed by atoms with Crippen LogP contribution in [-0.4, -0.2) is 15.9 Å². The number of pyridine rings is 2. The Morgan fingerprint density at radius 1 is 0.971 bits per heavy atom. The molecule has 2 heterocycles. The van der Waals surface area contributed by atoms with Crippen LogP contribution in [0.2, 0.25) is 0 Å². The molecule has 2 aromatic heterocycles. The molecule has 0 radical (unpaired) electrons. The van der Waals surface area contributed by atoms with Crippen LogP contribution in [-0.2, 0) is 30.9 Å². The average molecular weight is 542 g/mol. The number of aryl methyl sites for hydroxylation is 2. The first-order chi connectivity index (χ1) is 15.3. The van der Waals surface area contributed by atoms with Crippen LogP contribution in [0.25, 0.3) is 11.1 Å². The second kappa shape index (κ2) is 15.0. The van der Waals surface area contributed by atoms with Gasteiger partial charge in [0, 0.05) is 29.7 Å². The van der Waals surface area contributed by atoms with Crippen molar-refractivity contribution in [2.75, 3.05) is 0 Å². The van der Waals surface area contributed by atoms with Gasteiger partial charge in [0.05, 0.1) is 24.5 Å². The molecule has 1 amide bonds. The Hall–Kier alpha value is -2.22. The Bertz CT molecular complexity index is 1090. The molecule has 3 rings (SSSR count). The van der Waals surface area contributed by atoms with E-state index in [0.29, 0.717) is 31.2 Å². The molecule has 0 bridgehead atoms. The molecule has 4 N–H and O–H groups in total. The van der Waals surface area contributed by atoms with Crippen molar-refractivity contribution in [3.05, 3.63) is 81.9 Å². The lowest BCUT2D eigenvalue weighted by atomic mass is 9.90. The number of hydrogen-bond acceptors (Lipinski definition) is 5. The number of ether oxygens (including phenoxy) is 1. The van der Waals surface area contributed by atoms with Crippen LogP contribution >= 0.6 is 37.2 Å². The van der Waals surface area contributed by atoms with Crippen molar-refractivity contribution < 1.29 is 9.53 Å². The minimum atomic E-state index is -0.495. The van der Waals surface area contributed by atoms with Gasteiger partial charge in [-0.3, -0.25) is 14.8 Å². The molecule has 192 valence electrons. The smallest absolute Gasteiger partial charge is 0.250 e. The fourth-order valence-corrected chi connectivity index (χ4v) is 3.78. The number of aromatic nitrogens is 2. The average Bonchev–Trinajstić information content (AvgIpc) is 2.75. The van der Waals surface area contributed by atoms with Crippen LogP contribution in [0.3, 0.4) is 0 Å². The molecule has 9 heteroatoms. The lowest BCUT2D eigenvalue weighted by Crippen LogP contribution is -2.14. The van der Waals surface area contributed by atoms with E-state index >= 15 is 0 Å². The summed E-state index contributed by atoms with van der Waals surface area (Å²) >= 11 is 0. The molecule has 0 aliphatic rings. The lowest BCUT2D eigenvalue weighted by molar-refractivity contribution is 0.0996. The maximum atomic E-state index is 11.2. The van der Waals surface area contributed by atoms with E-state index in [9.17, 15) is 4.79 Å². The second-order valence-corrected chi connectivity index (χ2v) is 8.54. The van der Waals surface area contributed by atoms with Crippen LogP contribution in [0.4, 0.5) is 0 Å². The van der Waals surface area contributed by atoms with Crippen molar-refractivity contribution in [2.45, 2.75) is 53.9 Å². The summed E-state index contributed by atoms with van der Waals surface area (Å²) in [5, 5.41) is 0. The van der Waals surface area contributed by atoms with Gasteiger partial charge in [0.25, 0.3) is 0 Å². The Labute approximate surface area is 226 Å². The third-order valence-electron chi connectivity index (χ3n) is 5.44. The number of halogens is 3. The molecule has 1 aromatic carbocycles. The van der Waals surface area contributed by atoms with Crippen LogP contribution in [0.5, 0.6) is 0 Å². The zero-order chi connectivity index (χ0) is 23.3. The summed E-state index contributed by atoms with van der Waals surface area (Å²) in [6.45, 7) is 9.61. The van der Waals surface area contributed by atoms with Gasteiger partial charge >= 0.3 is 0 Å². The molecule has 35 heavy (non-hydrogen) atoms. The third kappa shape index (κ3) is 8.44. The van der Waals surface area contributed by atoms with Gasteiger partial charge in [-0.1, -0.05) is 43.7 Å². The Morgan fingerprint density at radius 3 is 2.14 bits per heavy atom. The molecule has 0 fully saturated rings. The van der Waals surface area contributed by atoms with Crippen LogP contribution in [0, 0.1) is 19.8 Å². The molecule has 0 unspecified atom stereocenters. The summed E-state index contributed by atoms with van der Waals surface area (Å²) in [4.78, 5) is 20.4. The highest BCUT2D eigenvalue weighted by molar-refractivity contribution is 5.92. The first-order valence-electron chi connectivity index (χ1n) is 10.9. The zero-order valence-electron chi connectivity index (χ0n) is 20.5. The van der Waals surface area contributed by atoms with Crippen LogP contribution in [0.15, 0.2) is 42.6 Å². The van der Waals surface area contributed by atoms with Gasteiger partial charge in [-0.05, 0) is 55.0 Å². The van der Waals surface area contributed by atoms with E-state index < -0.39 is 5.91 Å². The summed E-state index contributed by atoms with van der Waals surface area (Å²) < 4.78 is 6.03. The molecule has 0 spiro atoms. The fourth-order valence-electron chi connectivity index (χ4n) is 3.78. The van der Waals surface area contributed by atoms with Gasteiger partial charge in [-0.2, -0.15) is 0 Å². The van der Waals surface area contributed by atoms with Crippen molar-refractivity contribution in [1.29, 1.82) is 0 Å². The third-order valence-corrected chi connectivity index (χ3v) is 5.44. The number of nitrogens with zero attached hydrogens (tertiary/aromatic N) is 2. The normalized spacial score (nSPS) is 10.2. The van der Waals surface area contributed by atoms with Crippen molar-refractivity contribution in [3.63, 3.8) is 0 Å². The molecule has 0 atom stereocenters. The molecule has 0 saturated heterocycles. The summed E-state index contributed by atoms with van der Waals surface area (Å²) in [6, 6.07) is 11.9. The number of carbonyl (C=O) groups is 1. The topological polar surface area (TPSA) is 104 Å². The van der Waals surface area contributed by atoms with E-state index in [1.54, 1.807) is 12.1 Å². The summed E-state index contributed by atoms with van der Waals surface area (Å²) in [7, 11) is 0. The van der Waals surface area contributed by atoms with Crippen molar-refractivity contribution in [1.82, 2.24) is 9.97 Å². The number of primary amides is 1. The van der Waals surface area contributed by atoms with Crippen molar-refractivity contribution >= 4 is 43.1 Å². The summed E-state index contributed by atoms with van der Waals surface area (Å²) in [5.74, 6) is -0.0141. The highest BCUT2D eigenvalue weighted by atomic mass is 35.5. The Kier molecular flexibility index (Phi) is 14.1. The standard InChI is InChI=1S/C26H32N4O2.3ClH/c1-16(2)11-24-22(12-27)25(19-7-5-17(3)6-8-19)23(18(4)30-24)15-32-14-21-10-9-20(13-29-21)26(28)31;;;/h5-10,13,16H,11-12,14-15,27H2,1-4H3,(H2,28,31);3*1H. The van der Waals surface area contributed by atoms with Crippen molar-refractivity contribution in [3.8, 4) is 11.1 Å². The minimum Gasteiger partial charge on any atom is -0.370 e. The van der Waals surface area contributed by atoms with Gasteiger partial charge in [0.15, 0.2) is 0 Å². The molecule has 0 aliphatic heterocycles. The van der Waals surface area contributed by atoms with E-state index in [-0.39, 0.29) is 37.2 Å². The predicted octanol–water partition coefficient (Wildman–Crippen LogP) is 5.50. The SMILES string of the molecule is Cc1ccc(-c2c(COCc3ccc(C(N)=O)cn3)c(C)nc(CC(C)C)c2CN)cc1.Cl.Cl.Cl. The second-order valence-electron chi connectivity index (χ2n) is 8.54. The number of nitrogens with two attached hydrogens (primary N) is 2. The maximum Gasteiger partial charge on any atom is 0.250 e. The number of carbonyl (C=O) groups excluding carboxylic acids is 1. The van der Waals surface area contributed by atoms with Crippen LogP contribution in [0.1, 0.15) is 58.0 Å². The monoisotopic (exact) mass is 540 g/mol. The van der Waals surface area contributed by atoms with Gasteiger partial charge < -0.3 is 16.2 Å². The van der Waals surface area contributed by atoms with Crippen molar-refractivity contribution in [2.24, 2.45) is 17.4 Å². The first kappa shape index (κ1) is 32.8. The van der Waals surface area contributed by atoms with E-state index in [1.807, 2.05) is 6.92 Å². The maximum absolute atomic E-state index is 11.2. The van der Waals surface area contributed by atoms with Gasteiger partial charge in [-0.25, -0.2) is 0 Å². The molecule has 3 aromatic rings. The zero-order valence-corrected chi connectivity index (χ0v) is 23.0. The van der Waals surface area contributed by atoms with E-state index in [1.165, 1.54) is 11.8 Å².